The van der Waals surface area contributed by atoms with Crippen LogP contribution in [0, 0.1) is 17.1 Å². The summed E-state index contributed by atoms with van der Waals surface area (Å²) in [5.41, 5.74) is -5.63. The number of nitrogens with zero attached hydrogens (tertiary/aromatic N) is 2. The second-order valence-corrected chi connectivity index (χ2v) is 6.51. The highest BCUT2D eigenvalue weighted by molar-refractivity contribution is 5.70. The van der Waals surface area contributed by atoms with E-state index < -0.39 is 40.6 Å². The third-order valence-electron chi connectivity index (χ3n) is 4.28. The molecule has 34 heavy (non-hydrogen) atoms. The van der Waals surface area contributed by atoms with Gasteiger partial charge in [0.05, 0.1) is 18.4 Å². The molecule has 0 aliphatic rings. The van der Waals surface area contributed by atoms with Gasteiger partial charge >= 0.3 is 17.8 Å². The number of rotatable bonds is 6. The van der Waals surface area contributed by atoms with Crippen LogP contribution >= 0.6 is 0 Å². The van der Waals surface area contributed by atoms with Gasteiger partial charge in [-0.05, 0) is 30.3 Å². The Labute approximate surface area is 187 Å². The first kappa shape index (κ1) is 24.1. The van der Waals surface area contributed by atoms with Crippen LogP contribution in [0.25, 0.3) is 5.69 Å². The summed E-state index contributed by atoms with van der Waals surface area (Å²) < 4.78 is 68.3. The smallest absolute Gasteiger partial charge is 0.431 e. The first-order chi connectivity index (χ1) is 16.0. The Bertz CT molecular complexity index is 1360. The number of hydrogen-bond donors (Lipinski definition) is 1. The molecular formula is C21H13F4N3O6. The molecule has 1 N–H and O–H groups in total. The van der Waals surface area contributed by atoms with Crippen LogP contribution in [0.3, 0.4) is 0 Å². The van der Waals surface area contributed by atoms with Crippen LogP contribution in [-0.2, 0) is 15.7 Å². The number of esters is 1. The molecule has 13 heteroatoms. The summed E-state index contributed by atoms with van der Waals surface area (Å²) in [5, 5.41) is 9.29. The van der Waals surface area contributed by atoms with E-state index in [-0.39, 0.29) is 40.1 Å². The summed E-state index contributed by atoms with van der Waals surface area (Å²) in [6.45, 7) is -0.340. The number of methoxy groups -OCH3 is 1. The topological polar surface area (TPSA) is 123 Å². The molecule has 176 valence electrons. The maximum Gasteiger partial charge on any atom is 0.431 e. The number of nitriles is 1. The fourth-order valence-electron chi connectivity index (χ4n) is 2.69. The van der Waals surface area contributed by atoms with Gasteiger partial charge in [0.25, 0.3) is 5.56 Å². The van der Waals surface area contributed by atoms with Crippen LogP contribution < -0.4 is 20.7 Å². The highest BCUT2D eigenvalue weighted by Gasteiger charge is 2.33. The molecule has 1 heterocycles. The van der Waals surface area contributed by atoms with Crippen molar-refractivity contribution in [3.05, 3.63) is 80.4 Å². The molecule has 0 spiro atoms. The Morgan fingerprint density at radius 1 is 1.12 bits per heavy atom. The van der Waals surface area contributed by atoms with Gasteiger partial charge in [0.1, 0.15) is 34.8 Å². The number of aromatic amines is 1. The van der Waals surface area contributed by atoms with E-state index in [1.165, 1.54) is 36.4 Å². The summed E-state index contributed by atoms with van der Waals surface area (Å²) in [7, 11) is 1.19. The second-order valence-electron chi connectivity index (χ2n) is 6.51. The van der Waals surface area contributed by atoms with Crippen LogP contribution in [0.15, 0.2) is 52.1 Å². The number of carbonyl (C=O) groups is 1. The number of nitrogens with one attached hydrogen (secondary N) is 1. The Balaban J connectivity index is 1.97. The number of alkyl halides is 3. The van der Waals surface area contributed by atoms with Gasteiger partial charge < -0.3 is 19.2 Å². The minimum Gasteiger partial charge on any atom is -0.482 e. The van der Waals surface area contributed by atoms with Crippen molar-refractivity contribution < 1.29 is 36.6 Å². The predicted octanol–water partition coefficient (Wildman–Crippen LogP) is 2.90. The van der Waals surface area contributed by atoms with Crippen LogP contribution in [0.4, 0.5) is 17.6 Å². The van der Waals surface area contributed by atoms with Crippen molar-refractivity contribution >= 4 is 5.97 Å². The minimum absolute atomic E-state index is 0.104. The third-order valence-corrected chi connectivity index (χ3v) is 4.28. The molecule has 0 unspecified atom stereocenters. The molecule has 2 aromatic carbocycles. The van der Waals surface area contributed by atoms with Crippen LogP contribution in [0.1, 0.15) is 11.3 Å². The molecule has 0 saturated carbocycles. The van der Waals surface area contributed by atoms with Crippen molar-refractivity contribution in [2.24, 2.45) is 0 Å². The third kappa shape index (κ3) is 5.23. The summed E-state index contributed by atoms with van der Waals surface area (Å²) in [6, 6.07) is 8.88. The van der Waals surface area contributed by atoms with Gasteiger partial charge in [0, 0.05) is 12.1 Å². The zero-order valence-electron chi connectivity index (χ0n) is 17.1. The summed E-state index contributed by atoms with van der Waals surface area (Å²) in [5.74, 6) is -1.71. The first-order valence-electron chi connectivity index (χ1n) is 9.18. The molecule has 0 aliphatic carbocycles. The molecule has 0 atom stereocenters. The molecule has 0 radical (unpaired) electrons. The van der Waals surface area contributed by atoms with E-state index in [1.807, 2.05) is 0 Å². The van der Waals surface area contributed by atoms with E-state index in [1.54, 1.807) is 6.07 Å². The van der Waals surface area contributed by atoms with Gasteiger partial charge in [0.2, 0.25) is 0 Å². The molecule has 0 bridgehead atoms. The maximum absolute atomic E-state index is 14.6. The maximum atomic E-state index is 14.6. The number of aromatic nitrogens is 2. The summed E-state index contributed by atoms with van der Waals surface area (Å²) >= 11 is 0. The number of benzene rings is 2. The van der Waals surface area contributed by atoms with Gasteiger partial charge in [0.15, 0.2) is 6.61 Å². The van der Waals surface area contributed by atoms with Crippen LogP contribution in [0.2, 0.25) is 0 Å². The standard InChI is InChI=1S/C21H13F4N3O6/c1-32-19(30)10-33-12-2-4-13(5-3-12)34-16-7-15(14(22)6-11(16)9-26)28-18(29)8-17(21(23,24)25)27-20(28)31/h2-8H,10H2,1H3,(H,27,31). The zero-order valence-corrected chi connectivity index (χ0v) is 17.1. The minimum atomic E-state index is -5.00. The van der Waals surface area contributed by atoms with E-state index in [2.05, 4.69) is 4.74 Å². The van der Waals surface area contributed by atoms with Gasteiger partial charge in [-0.15, -0.1) is 0 Å². The molecule has 0 amide bonds. The molecule has 1 aromatic heterocycles. The van der Waals surface area contributed by atoms with Gasteiger partial charge in [-0.3, -0.25) is 4.79 Å². The molecule has 3 aromatic rings. The molecular weight excluding hydrogens is 466 g/mol. The largest absolute Gasteiger partial charge is 0.482 e. The van der Waals surface area contributed by atoms with Gasteiger partial charge in [-0.2, -0.15) is 18.4 Å². The Hall–Kier alpha value is -4.60. The number of halogens is 4. The molecule has 0 saturated heterocycles. The molecule has 0 fully saturated rings. The highest BCUT2D eigenvalue weighted by atomic mass is 19.4. The Morgan fingerprint density at radius 2 is 1.76 bits per heavy atom. The Morgan fingerprint density at radius 3 is 2.32 bits per heavy atom. The average molecular weight is 479 g/mol. The van der Waals surface area contributed by atoms with Crippen molar-refractivity contribution in [3.63, 3.8) is 0 Å². The Kier molecular flexibility index (Phi) is 6.71. The number of hydrogen-bond acceptors (Lipinski definition) is 7. The lowest BCUT2D eigenvalue weighted by Crippen LogP contribution is -2.36. The van der Waals surface area contributed by atoms with Crippen molar-refractivity contribution in [1.82, 2.24) is 9.55 Å². The normalized spacial score (nSPS) is 10.9. The quantitative estimate of drug-likeness (QED) is 0.426. The van der Waals surface area contributed by atoms with E-state index in [0.29, 0.717) is 6.07 Å². The van der Waals surface area contributed by atoms with Crippen molar-refractivity contribution in [3.8, 4) is 29.0 Å². The van der Waals surface area contributed by atoms with Crippen molar-refractivity contribution in [2.75, 3.05) is 13.7 Å². The molecule has 0 aliphatic heterocycles. The SMILES string of the molecule is COC(=O)COc1ccc(Oc2cc(-n3c(=O)cc(C(F)(F)F)[nH]c3=O)c(F)cc2C#N)cc1. The lowest BCUT2D eigenvalue weighted by Gasteiger charge is -2.13. The van der Waals surface area contributed by atoms with E-state index in [9.17, 15) is 37.2 Å². The summed E-state index contributed by atoms with van der Waals surface area (Å²) in [4.78, 5) is 36.9. The predicted molar refractivity (Wildman–Crippen MR) is 106 cm³/mol. The lowest BCUT2D eigenvalue weighted by atomic mass is 10.1. The molecule has 3 rings (SSSR count). The van der Waals surface area contributed by atoms with E-state index in [0.717, 1.165) is 6.07 Å². The number of ether oxygens (including phenoxy) is 3. The van der Waals surface area contributed by atoms with Crippen molar-refractivity contribution in [2.45, 2.75) is 6.18 Å². The zero-order chi connectivity index (χ0) is 25.0. The van der Waals surface area contributed by atoms with E-state index in [4.69, 9.17) is 9.47 Å². The van der Waals surface area contributed by atoms with Gasteiger partial charge in [-0.1, -0.05) is 0 Å². The fourth-order valence-corrected chi connectivity index (χ4v) is 2.69. The monoisotopic (exact) mass is 479 g/mol. The van der Waals surface area contributed by atoms with Gasteiger partial charge in [-0.25, -0.2) is 18.5 Å². The second kappa shape index (κ2) is 9.49. The van der Waals surface area contributed by atoms with Crippen molar-refractivity contribution in [1.29, 1.82) is 5.26 Å². The lowest BCUT2D eigenvalue weighted by molar-refractivity contribution is -0.143. The number of carbonyl (C=O) groups excluding carboxylic acids is 1. The summed E-state index contributed by atoms with van der Waals surface area (Å²) in [6.07, 6.45) is -5.00. The highest BCUT2D eigenvalue weighted by Crippen LogP contribution is 2.30. The van der Waals surface area contributed by atoms with Crippen LogP contribution in [-0.4, -0.2) is 29.2 Å². The first-order valence-corrected chi connectivity index (χ1v) is 9.18. The molecule has 9 nitrogen and oxygen atoms in total. The average Bonchev–Trinajstić information content (AvgIpc) is 2.78. The van der Waals surface area contributed by atoms with Crippen LogP contribution in [0.5, 0.6) is 17.2 Å². The number of H-pyrrole nitrogens is 1. The van der Waals surface area contributed by atoms with E-state index >= 15 is 0 Å². The fraction of sp³-hybridized carbons (Fsp3) is 0.143.